The van der Waals surface area contributed by atoms with E-state index in [-0.39, 0.29) is 0 Å². The maximum Gasteiger partial charge on any atom is 0.0474 e. The minimum absolute atomic E-state index is 0.393. The third-order valence-electron chi connectivity index (χ3n) is 5.08. The first kappa shape index (κ1) is 15.0. The molecule has 0 aromatic heterocycles. The molecule has 0 radical (unpaired) electrons. The number of nitrogens with zero attached hydrogens (tertiary/aromatic N) is 2. The lowest BCUT2D eigenvalue weighted by Gasteiger charge is -2.39. The zero-order valence-electron chi connectivity index (χ0n) is 13.3. The fraction of sp³-hybridized carbons (Fsp3) is 0.667. The summed E-state index contributed by atoms with van der Waals surface area (Å²) < 4.78 is 0. The van der Waals surface area contributed by atoms with Crippen molar-refractivity contribution >= 4 is 0 Å². The van der Waals surface area contributed by atoms with Crippen molar-refractivity contribution in [3.63, 3.8) is 0 Å². The van der Waals surface area contributed by atoms with Gasteiger partial charge in [0, 0.05) is 45.3 Å². The van der Waals surface area contributed by atoms with Crippen molar-refractivity contribution in [3.8, 4) is 0 Å². The Morgan fingerprint density at radius 3 is 2.48 bits per heavy atom. The number of hydrogen-bond donors (Lipinski definition) is 1. The van der Waals surface area contributed by atoms with Gasteiger partial charge in [-0.05, 0) is 36.3 Å². The van der Waals surface area contributed by atoms with Crippen molar-refractivity contribution in [2.45, 2.75) is 32.2 Å². The number of aryl methyl sites for hydroxylation is 1. The van der Waals surface area contributed by atoms with Crippen LogP contribution in [0.5, 0.6) is 0 Å². The molecule has 1 unspecified atom stereocenters. The minimum atomic E-state index is 0.393. The molecule has 116 valence electrons. The zero-order chi connectivity index (χ0) is 14.7. The number of hydrogen-bond acceptors (Lipinski definition) is 3. The summed E-state index contributed by atoms with van der Waals surface area (Å²) in [6, 6.07) is 9.21. The molecule has 1 aliphatic carbocycles. The molecule has 1 aliphatic heterocycles. The highest BCUT2D eigenvalue weighted by molar-refractivity contribution is 5.30. The summed E-state index contributed by atoms with van der Waals surface area (Å²) in [6.07, 6.45) is 4.00. The Balaban J connectivity index is 1.63. The number of benzene rings is 1. The molecule has 0 spiro atoms. The summed E-state index contributed by atoms with van der Waals surface area (Å²) >= 11 is 0. The highest BCUT2D eigenvalue weighted by atomic mass is 15.3. The van der Waals surface area contributed by atoms with Gasteiger partial charge < -0.3 is 10.6 Å². The van der Waals surface area contributed by atoms with E-state index < -0.39 is 0 Å². The van der Waals surface area contributed by atoms with E-state index in [0.717, 1.165) is 32.0 Å². The van der Waals surface area contributed by atoms with Crippen LogP contribution in [-0.2, 0) is 6.42 Å². The standard InChI is InChI=1S/C18H29N3/c1-2-16-5-3-4-6-17(16)18(13-19)21-11-9-20(10-12-21)14-15-7-8-15/h3-6,15,18H,2,7-14,19H2,1H3. The molecular weight excluding hydrogens is 258 g/mol. The topological polar surface area (TPSA) is 32.5 Å². The van der Waals surface area contributed by atoms with E-state index in [4.69, 9.17) is 5.73 Å². The molecule has 21 heavy (non-hydrogen) atoms. The quantitative estimate of drug-likeness (QED) is 0.871. The van der Waals surface area contributed by atoms with Crippen LogP contribution in [0.15, 0.2) is 24.3 Å². The minimum Gasteiger partial charge on any atom is -0.329 e. The highest BCUT2D eigenvalue weighted by Crippen LogP contribution is 2.31. The van der Waals surface area contributed by atoms with Gasteiger partial charge in [0.05, 0.1) is 0 Å². The van der Waals surface area contributed by atoms with Crippen LogP contribution in [0.2, 0.25) is 0 Å². The molecule has 1 saturated heterocycles. The van der Waals surface area contributed by atoms with Crippen molar-refractivity contribution in [3.05, 3.63) is 35.4 Å². The van der Waals surface area contributed by atoms with Gasteiger partial charge in [0.25, 0.3) is 0 Å². The second-order valence-electron chi connectivity index (χ2n) is 6.58. The van der Waals surface area contributed by atoms with E-state index in [1.807, 2.05) is 0 Å². The molecule has 2 fully saturated rings. The van der Waals surface area contributed by atoms with Crippen molar-refractivity contribution in [2.75, 3.05) is 39.3 Å². The van der Waals surface area contributed by atoms with Crippen LogP contribution >= 0.6 is 0 Å². The molecule has 1 saturated carbocycles. The number of rotatable bonds is 6. The molecule has 1 aromatic carbocycles. The first-order valence-electron chi connectivity index (χ1n) is 8.56. The molecular formula is C18H29N3. The van der Waals surface area contributed by atoms with Crippen molar-refractivity contribution in [2.24, 2.45) is 11.7 Å². The molecule has 1 atom stereocenters. The van der Waals surface area contributed by atoms with Crippen LogP contribution in [-0.4, -0.2) is 49.1 Å². The van der Waals surface area contributed by atoms with Crippen LogP contribution in [0, 0.1) is 5.92 Å². The van der Waals surface area contributed by atoms with E-state index in [9.17, 15) is 0 Å². The normalized spacial score (nSPS) is 22.4. The monoisotopic (exact) mass is 287 g/mol. The fourth-order valence-electron chi connectivity index (χ4n) is 3.58. The van der Waals surface area contributed by atoms with Crippen molar-refractivity contribution in [1.82, 2.24) is 9.80 Å². The Hall–Kier alpha value is -0.900. The van der Waals surface area contributed by atoms with Gasteiger partial charge in [-0.3, -0.25) is 4.90 Å². The molecule has 3 nitrogen and oxygen atoms in total. The summed E-state index contributed by atoms with van der Waals surface area (Å²) in [7, 11) is 0. The summed E-state index contributed by atoms with van der Waals surface area (Å²) in [4.78, 5) is 5.24. The van der Waals surface area contributed by atoms with Gasteiger partial charge in [-0.15, -0.1) is 0 Å². The van der Waals surface area contributed by atoms with Gasteiger partial charge in [-0.2, -0.15) is 0 Å². The van der Waals surface area contributed by atoms with Crippen LogP contribution < -0.4 is 5.73 Å². The lowest BCUT2D eigenvalue weighted by Crippen LogP contribution is -2.49. The fourth-order valence-corrected chi connectivity index (χ4v) is 3.58. The Kier molecular flexibility index (Phi) is 4.94. The Labute approximate surface area is 129 Å². The molecule has 3 rings (SSSR count). The number of nitrogens with two attached hydrogens (primary N) is 1. The predicted octanol–water partition coefficient (Wildman–Crippen LogP) is 2.28. The van der Waals surface area contributed by atoms with E-state index in [1.165, 1.54) is 43.6 Å². The molecule has 0 amide bonds. The smallest absolute Gasteiger partial charge is 0.0474 e. The third kappa shape index (κ3) is 3.65. The largest absolute Gasteiger partial charge is 0.329 e. The Morgan fingerprint density at radius 2 is 1.86 bits per heavy atom. The van der Waals surface area contributed by atoms with Crippen LogP contribution in [0.3, 0.4) is 0 Å². The highest BCUT2D eigenvalue weighted by Gasteiger charge is 2.29. The van der Waals surface area contributed by atoms with Gasteiger partial charge in [-0.1, -0.05) is 31.2 Å². The lowest BCUT2D eigenvalue weighted by molar-refractivity contribution is 0.0953. The van der Waals surface area contributed by atoms with E-state index in [2.05, 4.69) is 41.0 Å². The van der Waals surface area contributed by atoms with Crippen LogP contribution in [0.4, 0.5) is 0 Å². The summed E-state index contributed by atoms with van der Waals surface area (Å²) in [6.45, 7) is 9.02. The first-order chi connectivity index (χ1) is 10.3. The molecule has 2 aliphatic rings. The van der Waals surface area contributed by atoms with Gasteiger partial charge >= 0.3 is 0 Å². The maximum absolute atomic E-state index is 6.13. The average Bonchev–Trinajstić information content (AvgIpc) is 3.34. The van der Waals surface area contributed by atoms with Crippen LogP contribution in [0.25, 0.3) is 0 Å². The van der Waals surface area contributed by atoms with Gasteiger partial charge in [-0.25, -0.2) is 0 Å². The first-order valence-corrected chi connectivity index (χ1v) is 8.56. The third-order valence-corrected chi connectivity index (χ3v) is 5.08. The summed E-state index contributed by atoms with van der Waals surface area (Å²) in [5.74, 6) is 1.00. The maximum atomic E-state index is 6.13. The molecule has 2 N–H and O–H groups in total. The van der Waals surface area contributed by atoms with E-state index >= 15 is 0 Å². The Bertz CT molecular complexity index is 448. The number of piperazine rings is 1. The Morgan fingerprint density at radius 1 is 1.14 bits per heavy atom. The SMILES string of the molecule is CCc1ccccc1C(CN)N1CCN(CC2CC2)CC1. The molecule has 1 heterocycles. The molecule has 3 heteroatoms. The van der Waals surface area contributed by atoms with E-state index in [1.54, 1.807) is 0 Å². The van der Waals surface area contributed by atoms with Gasteiger partial charge in [0.15, 0.2) is 0 Å². The lowest BCUT2D eigenvalue weighted by atomic mass is 9.97. The summed E-state index contributed by atoms with van der Waals surface area (Å²) in [5, 5.41) is 0. The van der Waals surface area contributed by atoms with Crippen molar-refractivity contribution in [1.29, 1.82) is 0 Å². The molecule has 0 bridgehead atoms. The van der Waals surface area contributed by atoms with E-state index in [0.29, 0.717) is 6.04 Å². The summed E-state index contributed by atoms with van der Waals surface area (Å²) in [5.41, 5.74) is 9.02. The van der Waals surface area contributed by atoms with Gasteiger partial charge in [0.2, 0.25) is 0 Å². The second kappa shape index (κ2) is 6.91. The zero-order valence-corrected chi connectivity index (χ0v) is 13.3. The van der Waals surface area contributed by atoms with Gasteiger partial charge in [0.1, 0.15) is 0 Å². The van der Waals surface area contributed by atoms with Crippen LogP contribution in [0.1, 0.15) is 36.9 Å². The average molecular weight is 287 g/mol. The molecule has 1 aromatic rings. The van der Waals surface area contributed by atoms with Crippen molar-refractivity contribution < 1.29 is 0 Å². The second-order valence-corrected chi connectivity index (χ2v) is 6.58. The predicted molar refractivity (Wildman–Crippen MR) is 88.4 cm³/mol.